The summed E-state index contributed by atoms with van der Waals surface area (Å²) in [4.78, 5) is 20.9. The number of rotatable bonds is 9. The van der Waals surface area contributed by atoms with Crippen LogP contribution in [0.15, 0.2) is 30.3 Å². The summed E-state index contributed by atoms with van der Waals surface area (Å²) in [5, 5.41) is 13.3. The van der Waals surface area contributed by atoms with Crippen LogP contribution in [0.2, 0.25) is 0 Å². The minimum absolute atomic E-state index is 0.242. The SMILES string of the molecule is CC[C@@H](C[N+](=O)[O-])O[C@H](c1ccccc1)[C@H](C)NC=O. The fourth-order valence-corrected chi connectivity index (χ4v) is 1.96. The molecule has 0 aliphatic heterocycles. The van der Waals surface area contributed by atoms with E-state index >= 15 is 0 Å². The van der Waals surface area contributed by atoms with Crippen molar-refractivity contribution in [3.8, 4) is 0 Å². The first kappa shape index (κ1) is 16.1. The van der Waals surface area contributed by atoms with E-state index in [1.807, 2.05) is 44.2 Å². The van der Waals surface area contributed by atoms with Gasteiger partial charge in [0.15, 0.2) is 0 Å². The molecule has 20 heavy (non-hydrogen) atoms. The maximum absolute atomic E-state index is 10.6. The summed E-state index contributed by atoms with van der Waals surface area (Å²) in [5.74, 6) is 0. The Balaban J connectivity index is 2.87. The predicted octanol–water partition coefficient (Wildman–Crippen LogP) is 1.93. The molecule has 0 saturated carbocycles. The van der Waals surface area contributed by atoms with E-state index in [-0.39, 0.29) is 17.5 Å². The van der Waals surface area contributed by atoms with E-state index in [4.69, 9.17) is 4.74 Å². The zero-order valence-electron chi connectivity index (χ0n) is 11.7. The smallest absolute Gasteiger partial charge is 0.229 e. The molecule has 0 spiro atoms. The van der Waals surface area contributed by atoms with Crippen LogP contribution in [0.25, 0.3) is 0 Å². The Morgan fingerprint density at radius 1 is 1.40 bits per heavy atom. The Labute approximate surface area is 118 Å². The lowest BCUT2D eigenvalue weighted by Crippen LogP contribution is -2.36. The van der Waals surface area contributed by atoms with E-state index in [1.54, 1.807) is 0 Å². The molecule has 6 heteroatoms. The van der Waals surface area contributed by atoms with Crippen LogP contribution in [-0.2, 0) is 9.53 Å². The van der Waals surface area contributed by atoms with Gasteiger partial charge in [-0.2, -0.15) is 0 Å². The Kier molecular flexibility index (Phi) is 6.66. The molecule has 0 unspecified atom stereocenters. The highest BCUT2D eigenvalue weighted by atomic mass is 16.6. The van der Waals surface area contributed by atoms with Crippen molar-refractivity contribution in [2.75, 3.05) is 6.54 Å². The summed E-state index contributed by atoms with van der Waals surface area (Å²) < 4.78 is 5.85. The highest BCUT2D eigenvalue weighted by Crippen LogP contribution is 2.23. The van der Waals surface area contributed by atoms with E-state index in [2.05, 4.69) is 5.32 Å². The van der Waals surface area contributed by atoms with Gasteiger partial charge < -0.3 is 10.1 Å². The summed E-state index contributed by atoms with van der Waals surface area (Å²) in [7, 11) is 0. The third kappa shape index (κ3) is 4.97. The monoisotopic (exact) mass is 280 g/mol. The summed E-state index contributed by atoms with van der Waals surface area (Å²) in [6, 6.07) is 9.11. The van der Waals surface area contributed by atoms with Crippen LogP contribution in [-0.4, -0.2) is 30.0 Å². The molecule has 0 saturated heterocycles. The van der Waals surface area contributed by atoms with Gasteiger partial charge in [0, 0.05) is 4.92 Å². The van der Waals surface area contributed by atoms with Crippen LogP contribution in [0, 0.1) is 10.1 Å². The molecule has 6 nitrogen and oxygen atoms in total. The Morgan fingerprint density at radius 2 is 2.05 bits per heavy atom. The van der Waals surface area contributed by atoms with Gasteiger partial charge in [-0.05, 0) is 18.9 Å². The number of nitrogens with zero attached hydrogens (tertiary/aromatic N) is 1. The van der Waals surface area contributed by atoms with E-state index < -0.39 is 12.2 Å². The molecular weight excluding hydrogens is 260 g/mol. The van der Waals surface area contributed by atoms with Crippen LogP contribution in [0.1, 0.15) is 31.9 Å². The van der Waals surface area contributed by atoms with Gasteiger partial charge in [-0.3, -0.25) is 14.9 Å². The number of hydrogen-bond donors (Lipinski definition) is 1. The molecule has 0 radical (unpaired) electrons. The quantitative estimate of drug-likeness (QED) is 0.426. The lowest BCUT2D eigenvalue weighted by Gasteiger charge is -2.27. The normalized spacial score (nSPS) is 15.1. The molecule has 0 fully saturated rings. The van der Waals surface area contributed by atoms with Crippen LogP contribution >= 0.6 is 0 Å². The van der Waals surface area contributed by atoms with E-state index in [9.17, 15) is 14.9 Å². The van der Waals surface area contributed by atoms with Crippen molar-refractivity contribution >= 4 is 6.41 Å². The van der Waals surface area contributed by atoms with Crippen molar-refractivity contribution in [1.29, 1.82) is 0 Å². The molecule has 0 heterocycles. The molecule has 1 rings (SSSR count). The van der Waals surface area contributed by atoms with Crippen molar-refractivity contribution in [3.05, 3.63) is 46.0 Å². The number of benzene rings is 1. The second-order valence-corrected chi connectivity index (χ2v) is 4.59. The van der Waals surface area contributed by atoms with E-state index in [0.29, 0.717) is 12.8 Å². The van der Waals surface area contributed by atoms with Crippen molar-refractivity contribution in [1.82, 2.24) is 5.32 Å². The Morgan fingerprint density at radius 3 is 2.55 bits per heavy atom. The average molecular weight is 280 g/mol. The van der Waals surface area contributed by atoms with Crippen molar-refractivity contribution in [2.45, 2.75) is 38.5 Å². The summed E-state index contributed by atoms with van der Waals surface area (Å²) in [6.45, 7) is 3.41. The van der Waals surface area contributed by atoms with Crippen LogP contribution in [0.3, 0.4) is 0 Å². The van der Waals surface area contributed by atoms with Gasteiger partial charge in [-0.25, -0.2) is 0 Å². The maximum atomic E-state index is 10.6. The minimum Gasteiger partial charge on any atom is -0.361 e. The van der Waals surface area contributed by atoms with Crippen molar-refractivity contribution in [2.24, 2.45) is 0 Å². The topological polar surface area (TPSA) is 81.5 Å². The van der Waals surface area contributed by atoms with Crippen LogP contribution in [0.5, 0.6) is 0 Å². The first-order valence-electron chi connectivity index (χ1n) is 6.60. The highest BCUT2D eigenvalue weighted by molar-refractivity contribution is 5.47. The van der Waals surface area contributed by atoms with Gasteiger partial charge in [0.2, 0.25) is 13.0 Å². The van der Waals surface area contributed by atoms with Gasteiger partial charge in [-0.15, -0.1) is 0 Å². The molecule has 0 aliphatic carbocycles. The van der Waals surface area contributed by atoms with Crippen LogP contribution in [0.4, 0.5) is 0 Å². The van der Waals surface area contributed by atoms with Gasteiger partial charge >= 0.3 is 0 Å². The first-order valence-corrected chi connectivity index (χ1v) is 6.60. The molecule has 1 aromatic carbocycles. The van der Waals surface area contributed by atoms with Gasteiger partial charge in [0.05, 0.1) is 6.04 Å². The average Bonchev–Trinajstić information content (AvgIpc) is 2.44. The lowest BCUT2D eigenvalue weighted by atomic mass is 10.0. The van der Waals surface area contributed by atoms with Gasteiger partial charge in [0.1, 0.15) is 12.2 Å². The summed E-state index contributed by atoms with van der Waals surface area (Å²) >= 11 is 0. The van der Waals surface area contributed by atoms with Crippen molar-refractivity contribution in [3.63, 3.8) is 0 Å². The fraction of sp³-hybridized carbons (Fsp3) is 0.500. The minimum atomic E-state index is -0.480. The second kappa shape index (κ2) is 8.27. The zero-order valence-corrected chi connectivity index (χ0v) is 11.7. The molecule has 1 aromatic rings. The predicted molar refractivity (Wildman–Crippen MR) is 74.9 cm³/mol. The number of ether oxygens (including phenoxy) is 1. The number of amides is 1. The standard InChI is InChI=1S/C14H20N2O4/c1-3-13(9-16(18)19)20-14(11(2)15-10-17)12-7-5-4-6-8-12/h4-8,10-11,13-14H,3,9H2,1-2H3,(H,15,17)/t11-,13-,14-/m0/s1. The van der Waals surface area contributed by atoms with E-state index in [1.165, 1.54) is 0 Å². The third-order valence-electron chi connectivity index (χ3n) is 3.06. The number of carbonyl (C=O) groups excluding carboxylic acids is 1. The van der Waals surface area contributed by atoms with Crippen LogP contribution < -0.4 is 5.32 Å². The van der Waals surface area contributed by atoms with Gasteiger partial charge in [0.25, 0.3) is 0 Å². The second-order valence-electron chi connectivity index (χ2n) is 4.59. The molecule has 1 N–H and O–H groups in total. The zero-order chi connectivity index (χ0) is 15.0. The summed E-state index contributed by atoms with van der Waals surface area (Å²) in [6.07, 6.45) is 0.258. The molecular formula is C14H20N2O4. The highest BCUT2D eigenvalue weighted by Gasteiger charge is 2.25. The third-order valence-corrected chi connectivity index (χ3v) is 3.06. The fourth-order valence-electron chi connectivity index (χ4n) is 1.96. The maximum Gasteiger partial charge on any atom is 0.229 e. The molecule has 0 aromatic heterocycles. The van der Waals surface area contributed by atoms with E-state index in [0.717, 1.165) is 5.56 Å². The molecule has 0 bridgehead atoms. The lowest BCUT2D eigenvalue weighted by molar-refractivity contribution is -0.492. The Bertz CT molecular complexity index is 424. The van der Waals surface area contributed by atoms with Crippen molar-refractivity contribution < 1.29 is 14.5 Å². The largest absolute Gasteiger partial charge is 0.361 e. The number of nitro groups is 1. The Hall–Kier alpha value is -1.95. The first-order chi connectivity index (χ1) is 9.58. The molecule has 0 aliphatic rings. The number of hydrogen-bond acceptors (Lipinski definition) is 4. The summed E-state index contributed by atoms with van der Waals surface area (Å²) in [5.41, 5.74) is 0.885. The molecule has 110 valence electrons. The number of carbonyl (C=O) groups is 1. The van der Waals surface area contributed by atoms with Gasteiger partial charge in [-0.1, -0.05) is 37.3 Å². The molecule has 1 amide bonds. The molecule has 3 atom stereocenters. The number of nitrogens with one attached hydrogen (secondary N) is 1.